The van der Waals surface area contributed by atoms with Gasteiger partial charge in [0.05, 0.1) is 12.2 Å². The van der Waals surface area contributed by atoms with Gasteiger partial charge in [-0.2, -0.15) is 13.2 Å². The van der Waals surface area contributed by atoms with Crippen molar-refractivity contribution < 1.29 is 27.4 Å². The van der Waals surface area contributed by atoms with Crippen LogP contribution >= 0.6 is 0 Å². The highest BCUT2D eigenvalue weighted by Crippen LogP contribution is 2.35. The molecular weight excluding hydrogens is 275 g/mol. The number of ether oxygens (including phenoxy) is 2. The van der Waals surface area contributed by atoms with Crippen molar-refractivity contribution in [3.8, 4) is 5.75 Å². The summed E-state index contributed by atoms with van der Waals surface area (Å²) < 4.78 is 48.1. The second-order valence-corrected chi connectivity index (χ2v) is 3.90. The van der Waals surface area contributed by atoms with Gasteiger partial charge in [0.25, 0.3) is 0 Å². The topological polar surface area (TPSA) is 47.6 Å². The number of carbonyl (C=O) groups excluding carboxylic acids is 1. The number of alkyl halides is 3. The summed E-state index contributed by atoms with van der Waals surface area (Å²) in [6, 6.07) is 4.02. The Labute approximate surface area is 114 Å². The van der Waals surface area contributed by atoms with E-state index in [0.717, 1.165) is 6.07 Å². The first kappa shape index (κ1) is 16.3. The molecule has 1 N–H and O–H groups in total. The molecule has 1 unspecified atom stereocenters. The Kier molecular flexibility index (Phi) is 5.82. The number of esters is 1. The van der Waals surface area contributed by atoms with E-state index in [4.69, 9.17) is 9.47 Å². The molecule has 0 aliphatic rings. The number of nitrogens with one attached hydrogen (secondary N) is 1. The third-order valence-corrected chi connectivity index (χ3v) is 2.52. The maximum Gasteiger partial charge on any atom is 0.419 e. The van der Waals surface area contributed by atoms with Crippen molar-refractivity contribution >= 4 is 5.97 Å². The molecule has 0 bridgehead atoms. The monoisotopic (exact) mass is 291 g/mol. The molecule has 1 aromatic rings. The average molecular weight is 291 g/mol. The van der Waals surface area contributed by atoms with E-state index >= 15 is 0 Å². The number of likely N-dealkylation sites (N-methyl/N-ethyl adjacent to an activating group) is 1. The second kappa shape index (κ2) is 7.14. The summed E-state index contributed by atoms with van der Waals surface area (Å²) in [5.74, 6) is -0.885. The molecule has 0 aromatic heterocycles. The minimum atomic E-state index is -4.50. The van der Waals surface area contributed by atoms with Gasteiger partial charge >= 0.3 is 12.1 Å². The van der Waals surface area contributed by atoms with E-state index in [9.17, 15) is 18.0 Å². The molecule has 0 spiro atoms. The number of halogens is 3. The summed E-state index contributed by atoms with van der Waals surface area (Å²) in [5.41, 5.74) is -0.876. The fourth-order valence-corrected chi connectivity index (χ4v) is 1.51. The number of benzene rings is 1. The molecule has 0 radical (unpaired) electrons. The summed E-state index contributed by atoms with van der Waals surface area (Å²) in [6.07, 6.45) is -4.50. The first-order chi connectivity index (χ1) is 9.40. The zero-order valence-electron chi connectivity index (χ0n) is 11.2. The Morgan fingerprint density at radius 1 is 1.35 bits per heavy atom. The van der Waals surface area contributed by atoms with E-state index in [0.29, 0.717) is 0 Å². The lowest BCUT2D eigenvalue weighted by Gasteiger charge is -2.18. The van der Waals surface area contributed by atoms with Crippen LogP contribution in [0.2, 0.25) is 0 Å². The van der Waals surface area contributed by atoms with Gasteiger partial charge < -0.3 is 14.8 Å². The molecule has 1 aromatic carbocycles. The molecule has 0 saturated carbocycles. The van der Waals surface area contributed by atoms with Crippen LogP contribution in [0.5, 0.6) is 5.75 Å². The van der Waals surface area contributed by atoms with Crippen molar-refractivity contribution in [3.63, 3.8) is 0 Å². The minimum Gasteiger partial charge on any atom is -0.491 e. The largest absolute Gasteiger partial charge is 0.491 e. The third-order valence-electron chi connectivity index (χ3n) is 2.52. The van der Waals surface area contributed by atoms with Gasteiger partial charge in [-0.25, -0.2) is 0 Å². The summed E-state index contributed by atoms with van der Waals surface area (Å²) in [7, 11) is 1.50. The number of rotatable bonds is 6. The lowest BCUT2D eigenvalue weighted by Crippen LogP contribution is -2.40. The lowest BCUT2D eigenvalue weighted by atomic mass is 10.2. The van der Waals surface area contributed by atoms with Crippen LogP contribution in [0, 0.1) is 0 Å². The Balaban J connectivity index is 2.77. The van der Waals surface area contributed by atoms with Crippen molar-refractivity contribution in [3.05, 3.63) is 29.8 Å². The zero-order chi connectivity index (χ0) is 15.2. The molecule has 20 heavy (non-hydrogen) atoms. The van der Waals surface area contributed by atoms with Crippen LogP contribution in [0.15, 0.2) is 24.3 Å². The van der Waals surface area contributed by atoms with Gasteiger partial charge in [0.15, 0.2) is 0 Å². The van der Waals surface area contributed by atoms with Gasteiger partial charge in [-0.1, -0.05) is 12.1 Å². The maximum absolute atomic E-state index is 12.7. The van der Waals surface area contributed by atoms with Crippen molar-refractivity contribution in [1.82, 2.24) is 5.32 Å². The van der Waals surface area contributed by atoms with E-state index in [2.05, 4.69) is 5.32 Å². The molecule has 0 saturated heterocycles. The minimum absolute atomic E-state index is 0.191. The SMILES string of the molecule is CCOC(=O)C(COc1ccccc1C(F)(F)F)NC. The normalized spacial score (nSPS) is 12.8. The van der Waals surface area contributed by atoms with Gasteiger partial charge in [0.2, 0.25) is 0 Å². The average Bonchev–Trinajstić information content (AvgIpc) is 2.39. The van der Waals surface area contributed by atoms with Gasteiger partial charge in [0, 0.05) is 0 Å². The van der Waals surface area contributed by atoms with E-state index in [1.165, 1.54) is 25.2 Å². The van der Waals surface area contributed by atoms with Crippen LogP contribution in [0.25, 0.3) is 0 Å². The first-order valence-corrected chi connectivity index (χ1v) is 6.03. The molecule has 112 valence electrons. The molecular formula is C13H16F3NO3. The third kappa shape index (κ3) is 4.41. The Bertz CT molecular complexity index is 449. The Hall–Kier alpha value is -1.76. The van der Waals surface area contributed by atoms with Crippen LogP contribution < -0.4 is 10.1 Å². The first-order valence-electron chi connectivity index (χ1n) is 6.03. The summed E-state index contributed by atoms with van der Waals surface area (Å²) in [6.45, 7) is 1.59. The van der Waals surface area contributed by atoms with Gasteiger partial charge in [-0.3, -0.25) is 4.79 Å². The Morgan fingerprint density at radius 3 is 2.55 bits per heavy atom. The van der Waals surface area contributed by atoms with Gasteiger partial charge in [-0.05, 0) is 26.1 Å². The zero-order valence-corrected chi connectivity index (χ0v) is 11.2. The quantitative estimate of drug-likeness (QED) is 0.817. The summed E-state index contributed by atoms with van der Waals surface area (Å²) in [5, 5.41) is 2.63. The number of para-hydroxylation sites is 1. The molecule has 4 nitrogen and oxygen atoms in total. The van der Waals surface area contributed by atoms with Crippen LogP contribution in [0.1, 0.15) is 12.5 Å². The van der Waals surface area contributed by atoms with Gasteiger partial charge in [-0.15, -0.1) is 0 Å². The highest BCUT2D eigenvalue weighted by atomic mass is 19.4. The summed E-state index contributed by atoms with van der Waals surface area (Å²) in [4.78, 5) is 11.5. The molecule has 7 heteroatoms. The van der Waals surface area contributed by atoms with Crippen LogP contribution in [0.4, 0.5) is 13.2 Å². The van der Waals surface area contributed by atoms with Crippen LogP contribution in [-0.2, 0) is 15.7 Å². The standard InChI is InChI=1S/C13H16F3NO3/c1-3-19-12(18)10(17-2)8-20-11-7-5-4-6-9(11)13(14,15)16/h4-7,10,17H,3,8H2,1-2H3. The lowest BCUT2D eigenvalue weighted by molar-refractivity contribution is -0.146. The number of hydrogen-bond donors (Lipinski definition) is 1. The van der Waals surface area contributed by atoms with Crippen molar-refractivity contribution in [1.29, 1.82) is 0 Å². The molecule has 1 rings (SSSR count). The van der Waals surface area contributed by atoms with Crippen LogP contribution in [0.3, 0.4) is 0 Å². The highest BCUT2D eigenvalue weighted by Gasteiger charge is 2.34. The highest BCUT2D eigenvalue weighted by molar-refractivity contribution is 5.75. The molecule has 0 aliphatic heterocycles. The number of hydrogen-bond acceptors (Lipinski definition) is 4. The van der Waals surface area contributed by atoms with Gasteiger partial charge in [0.1, 0.15) is 18.4 Å². The molecule has 0 heterocycles. The molecule has 0 fully saturated rings. The fraction of sp³-hybridized carbons (Fsp3) is 0.462. The van der Waals surface area contributed by atoms with Crippen molar-refractivity contribution in [2.75, 3.05) is 20.3 Å². The predicted molar refractivity (Wildman–Crippen MR) is 66.4 cm³/mol. The fourth-order valence-electron chi connectivity index (χ4n) is 1.51. The smallest absolute Gasteiger partial charge is 0.419 e. The molecule has 0 aliphatic carbocycles. The van der Waals surface area contributed by atoms with E-state index in [-0.39, 0.29) is 19.0 Å². The Morgan fingerprint density at radius 2 is 2.00 bits per heavy atom. The molecule has 1 atom stereocenters. The molecule has 0 amide bonds. The van der Waals surface area contributed by atoms with Crippen LogP contribution in [-0.4, -0.2) is 32.3 Å². The predicted octanol–water partition coefficient (Wildman–Crippen LogP) is 2.24. The van der Waals surface area contributed by atoms with E-state index < -0.39 is 23.8 Å². The van der Waals surface area contributed by atoms with Crippen molar-refractivity contribution in [2.24, 2.45) is 0 Å². The summed E-state index contributed by atoms with van der Waals surface area (Å²) >= 11 is 0. The number of carbonyl (C=O) groups is 1. The van der Waals surface area contributed by atoms with E-state index in [1.807, 2.05) is 0 Å². The maximum atomic E-state index is 12.7. The van der Waals surface area contributed by atoms with E-state index in [1.54, 1.807) is 6.92 Å². The second-order valence-electron chi connectivity index (χ2n) is 3.90. The van der Waals surface area contributed by atoms with Crippen molar-refractivity contribution in [2.45, 2.75) is 19.1 Å².